The molecule has 2 aromatic heterocycles. The highest BCUT2D eigenvalue weighted by Crippen LogP contribution is 2.24. The van der Waals surface area contributed by atoms with Gasteiger partial charge in [-0.3, -0.25) is 0 Å². The first kappa shape index (κ1) is 10.0. The second kappa shape index (κ2) is 3.69. The summed E-state index contributed by atoms with van der Waals surface area (Å²) in [6, 6.07) is 8.37. The zero-order valence-corrected chi connectivity index (χ0v) is 9.71. The van der Waals surface area contributed by atoms with E-state index in [1.165, 1.54) is 0 Å². The average molecular weight is 228 g/mol. The van der Waals surface area contributed by atoms with Gasteiger partial charge < -0.3 is 9.30 Å². The summed E-state index contributed by atoms with van der Waals surface area (Å²) in [6.45, 7) is 2.44. The van der Waals surface area contributed by atoms with Gasteiger partial charge in [0.1, 0.15) is 5.52 Å². The molecule has 0 unspecified atom stereocenters. The maximum absolute atomic E-state index is 5.27. The van der Waals surface area contributed by atoms with Crippen molar-refractivity contribution >= 4 is 22.1 Å². The van der Waals surface area contributed by atoms with Crippen LogP contribution in [0.4, 0.5) is 0 Å². The van der Waals surface area contributed by atoms with Crippen LogP contribution < -0.4 is 4.74 Å². The smallest absolute Gasteiger partial charge is 0.337 e. The molecule has 0 bridgehead atoms. The van der Waals surface area contributed by atoms with E-state index in [1.807, 2.05) is 42.8 Å². The first-order valence-electron chi connectivity index (χ1n) is 5.52. The molecular formula is C12H12N4O. The van der Waals surface area contributed by atoms with Crippen molar-refractivity contribution in [1.82, 2.24) is 19.7 Å². The van der Waals surface area contributed by atoms with Crippen LogP contribution in [0.3, 0.4) is 0 Å². The van der Waals surface area contributed by atoms with Gasteiger partial charge in [0.05, 0.1) is 12.1 Å². The number of hydrogen-bond acceptors (Lipinski definition) is 4. The average Bonchev–Trinajstić information content (AvgIpc) is 2.65. The SMILES string of the molecule is CCOc1nnc2c3ccccc3n(C)c2n1. The van der Waals surface area contributed by atoms with Crippen molar-refractivity contribution in [2.24, 2.45) is 7.05 Å². The van der Waals surface area contributed by atoms with Crippen molar-refractivity contribution in [1.29, 1.82) is 0 Å². The van der Waals surface area contributed by atoms with Crippen LogP contribution in [0, 0.1) is 0 Å². The molecule has 0 aliphatic rings. The number of aryl methyl sites for hydroxylation is 1. The number of ether oxygens (including phenoxy) is 1. The van der Waals surface area contributed by atoms with Gasteiger partial charge in [-0.25, -0.2) is 0 Å². The Balaban J connectivity index is 2.36. The number of rotatable bonds is 2. The van der Waals surface area contributed by atoms with Crippen molar-refractivity contribution in [2.75, 3.05) is 6.61 Å². The summed E-state index contributed by atoms with van der Waals surface area (Å²) in [5, 5.41) is 9.22. The lowest BCUT2D eigenvalue weighted by atomic mass is 10.2. The molecule has 0 radical (unpaired) electrons. The van der Waals surface area contributed by atoms with Gasteiger partial charge in [-0.1, -0.05) is 23.3 Å². The number of para-hydroxylation sites is 1. The number of hydrogen-bond donors (Lipinski definition) is 0. The third kappa shape index (κ3) is 1.43. The van der Waals surface area contributed by atoms with E-state index in [1.54, 1.807) is 0 Å². The third-order valence-corrected chi connectivity index (χ3v) is 2.76. The molecule has 0 N–H and O–H groups in total. The van der Waals surface area contributed by atoms with E-state index in [9.17, 15) is 0 Å². The van der Waals surface area contributed by atoms with Crippen LogP contribution in [0.5, 0.6) is 6.01 Å². The fraction of sp³-hybridized carbons (Fsp3) is 0.250. The second-order valence-electron chi connectivity index (χ2n) is 3.78. The first-order valence-corrected chi connectivity index (χ1v) is 5.52. The molecule has 0 aliphatic heterocycles. The number of benzene rings is 1. The molecule has 2 heterocycles. The molecule has 5 nitrogen and oxygen atoms in total. The Kier molecular flexibility index (Phi) is 2.18. The number of nitrogens with zero attached hydrogens (tertiary/aromatic N) is 4. The van der Waals surface area contributed by atoms with E-state index in [4.69, 9.17) is 4.74 Å². The second-order valence-corrected chi connectivity index (χ2v) is 3.78. The molecule has 17 heavy (non-hydrogen) atoms. The molecule has 0 atom stereocenters. The van der Waals surface area contributed by atoms with Crippen LogP contribution in [0.1, 0.15) is 6.92 Å². The monoisotopic (exact) mass is 228 g/mol. The predicted octanol–water partition coefficient (Wildman–Crippen LogP) is 1.92. The molecule has 86 valence electrons. The lowest BCUT2D eigenvalue weighted by Gasteiger charge is -1.99. The van der Waals surface area contributed by atoms with Crippen LogP contribution in [0.2, 0.25) is 0 Å². The van der Waals surface area contributed by atoms with E-state index >= 15 is 0 Å². The van der Waals surface area contributed by atoms with E-state index in [0.717, 1.165) is 22.1 Å². The summed E-state index contributed by atoms with van der Waals surface area (Å²) in [6.07, 6.45) is 0. The van der Waals surface area contributed by atoms with Crippen LogP contribution in [0.15, 0.2) is 24.3 Å². The van der Waals surface area contributed by atoms with Gasteiger partial charge in [0, 0.05) is 12.4 Å². The van der Waals surface area contributed by atoms with Crippen LogP contribution >= 0.6 is 0 Å². The summed E-state index contributed by atoms with van der Waals surface area (Å²) in [5.74, 6) is 0. The molecule has 5 heteroatoms. The minimum absolute atomic E-state index is 0.325. The van der Waals surface area contributed by atoms with Gasteiger partial charge in [-0.2, -0.15) is 4.98 Å². The molecular weight excluding hydrogens is 216 g/mol. The zero-order valence-electron chi connectivity index (χ0n) is 9.71. The highest BCUT2D eigenvalue weighted by atomic mass is 16.5. The summed E-state index contributed by atoms with van der Waals surface area (Å²) < 4.78 is 7.27. The minimum Gasteiger partial charge on any atom is -0.463 e. The lowest BCUT2D eigenvalue weighted by molar-refractivity contribution is 0.309. The highest BCUT2D eigenvalue weighted by molar-refractivity contribution is 6.03. The highest BCUT2D eigenvalue weighted by Gasteiger charge is 2.11. The fourth-order valence-electron chi connectivity index (χ4n) is 1.98. The van der Waals surface area contributed by atoms with Gasteiger partial charge in [0.2, 0.25) is 0 Å². The molecule has 0 aliphatic carbocycles. The molecule has 0 saturated carbocycles. The van der Waals surface area contributed by atoms with E-state index in [0.29, 0.717) is 12.6 Å². The van der Waals surface area contributed by atoms with Gasteiger partial charge in [-0.15, -0.1) is 5.10 Å². The van der Waals surface area contributed by atoms with Crippen LogP contribution in [-0.4, -0.2) is 26.4 Å². The molecule has 0 fully saturated rings. The number of aromatic nitrogens is 4. The molecule has 0 spiro atoms. The van der Waals surface area contributed by atoms with E-state index in [2.05, 4.69) is 15.2 Å². The van der Waals surface area contributed by atoms with Crippen molar-refractivity contribution in [3.05, 3.63) is 24.3 Å². The van der Waals surface area contributed by atoms with Crippen molar-refractivity contribution < 1.29 is 4.74 Å². The van der Waals surface area contributed by atoms with Crippen LogP contribution in [-0.2, 0) is 7.05 Å². The minimum atomic E-state index is 0.325. The summed E-state index contributed by atoms with van der Waals surface area (Å²) in [4.78, 5) is 4.37. The molecule has 0 amide bonds. The van der Waals surface area contributed by atoms with Gasteiger partial charge in [-0.05, 0) is 13.0 Å². The summed E-state index contributed by atoms with van der Waals surface area (Å²) >= 11 is 0. The summed E-state index contributed by atoms with van der Waals surface area (Å²) in [5.41, 5.74) is 2.70. The van der Waals surface area contributed by atoms with E-state index in [-0.39, 0.29) is 0 Å². The quantitative estimate of drug-likeness (QED) is 0.672. The Hall–Kier alpha value is -2.17. The molecule has 3 rings (SSSR count). The lowest BCUT2D eigenvalue weighted by Crippen LogP contribution is -2.00. The van der Waals surface area contributed by atoms with Crippen LogP contribution in [0.25, 0.3) is 22.1 Å². The first-order chi connectivity index (χ1) is 8.31. The summed E-state index contributed by atoms with van der Waals surface area (Å²) in [7, 11) is 1.97. The Labute approximate surface area is 98.0 Å². The largest absolute Gasteiger partial charge is 0.463 e. The topological polar surface area (TPSA) is 52.8 Å². The Morgan fingerprint density at radius 3 is 2.88 bits per heavy atom. The van der Waals surface area contributed by atoms with Crippen molar-refractivity contribution in [3.63, 3.8) is 0 Å². The molecule has 1 aromatic carbocycles. The maximum atomic E-state index is 5.27. The Morgan fingerprint density at radius 2 is 2.06 bits per heavy atom. The van der Waals surface area contributed by atoms with E-state index < -0.39 is 0 Å². The standard InChI is InChI=1S/C12H12N4O/c1-3-17-12-13-11-10(14-15-12)8-6-4-5-7-9(8)16(11)2/h4-7H,3H2,1-2H3. The molecule has 3 aromatic rings. The van der Waals surface area contributed by atoms with Gasteiger partial charge in [0.15, 0.2) is 5.65 Å². The molecule has 0 saturated heterocycles. The fourth-order valence-corrected chi connectivity index (χ4v) is 1.98. The van der Waals surface area contributed by atoms with Gasteiger partial charge >= 0.3 is 6.01 Å². The Bertz CT molecular complexity index is 689. The van der Waals surface area contributed by atoms with Crippen molar-refractivity contribution in [2.45, 2.75) is 6.92 Å². The third-order valence-electron chi connectivity index (χ3n) is 2.76. The maximum Gasteiger partial charge on any atom is 0.337 e. The normalized spacial score (nSPS) is 11.2. The number of fused-ring (bicyclic) bond motifs is 3. The zero-order chi connectivity index (χ0) is 11.8. The van der Waals surface area contributed by atoms with Crippen molar-refractivity contribution in [3.8, 4) is 6.01 Å². The predicted molar refractivity (Wildman–Crippen MR) is 65.0 cm³/mol. The Morgan fingerprint density at radius 1 is 1.24 bits per heavy atom. The van der Waals surface area contributed by atoms with Gasteiger partial charge in [0.25, 0.3) is 0 Å².